The normalized spacial score (nSPS) is 10.8. The molecule has 0 atom stereocenters. The standard InChI is InChI=1S/C20H27NO5/c1-3-5-7-11-25-16-10-9-14-13-15(20(23)24)19(22)21-17(14)18(16)26-12-8-6-4-2/h9-10,13H,3-8,11-12H2,1-2H3,(H,21,22)(H,23,24). The second-order valence-electron chi connectivity index (χ2n) is 6.29. The number of aromatic nitrogens is 1. The fourth-order valence-corrected chi connectivity index (χ4v) is 2.71. The fraction of sp³-hybridized carbons (Fsp3) is 0.500. The van der Waals surface area contributed by atoms with Crippen LogP contribution in [0.2, 0.25) is 0 Å². The first kappa shape index (κ1) is 19.8. The Bertz CT molecular complexity index is 797. The van der Waals surface area contributed by atoms with Gasteiger partial charge in [-0.15, -0.1) is 0 Å². The minimum atomic E-state index is -1.25. The number of hydrogen-bond acceptors (Lipinski definition) is 4. The van der Waals surface area contributed by atoms with Crippen molar-refractivity contribution in [2.24, 2.45) is 0 Å². The number of ether oxygens (including phenoxy) is 2. The molecule has 0 unspecified atom stereocenters. The number of fused-ring (bicyclic) bond motifs is 1. The number of H-pyrrole nitrogens is 1. The lowest BCUT2D eigenvalue weighted by molar-refractivity contribution is 0.0695. The first-order valence-corrected chi connectivity index (χ1v) is 9.27. The molecule has 2 N–H and O–H groups in total. The lowest BCUT2D eigenvalue weighted by Crippen LogP contribution is -2.17. The van der Waals surface area contributed by atoms with Gasteiger partial charge in [0.05, 0.1) is 18.7 Å². The molecule has 0 aliphatic heterocycles. The zero-order valence-corrected chi connectivity index (χ0v) is 15.5. The highest BCUT2D eigenvalue weighted by Crippen LogP contribution is 2.34. The summed E-state index contributed by atoms with van der Waals surface area (Å²) < 4.78 is 11.8. The fourth-order valence-electron chi connectivity index (χ4n) is 2.71. The number of nitrogens with one attached hydrogen (secondary N) is 1. The van der Waals surface area contributed by atoms with Crippen LogP contribution < -0.4 is 15.0 Å². The first-order valence-electron chi connectivity index (χ1n) is 9.27. The summed E-state index contributed by atoms with van der Waals surface area (Å²) in [5, 5.41) is 9.75. The summed E-state index contributed by atoms with van der Waals surface area (Å²) in [6.07, 6.45) is 6.17. The molecule has 0 aliphatic carbocycles. The highest BCUT2D eigenvalue weighted by Gasteiger charge is 2.16. The summed E-state index contributed by atoms with van der Waals surface area (Å²) in [6.45, 7) is 5.33. The number of benzene rings is 1. The molecule has 0 bridgehead atoms. The number of aromatic carboxylic acids is 1. The third-order valence-electron chi connectivity index (χ3n) is 4.17. The van der Waals surface area contributed by atoms with Gasteiger partial charge in [0, 0.05) is 5.39 Å². The Morgan fingerprint density at radius 3 is 2.31 bits per heavy atom. The minimum absolute atomic E-state index is 0.286. The Morgan fingerprint density at radius 2 is 1.69 bits per heavy atom. The largest absolute Gasteiger partial charge is 0.490 e. The van der Waals surface area contributed by atoms with E-state index >= 15 is 0 Å². The van der Waals surface area contributed by atoms with Crippen molar-refractivity contribution in [1.29, 1.82) is 0 Å². The molecule has 0 saturated heterocycles. The maximum absolute atomic E-state index is 12.1. The number of pyridine rings is 1. The van der Waals surface area contributed by atoms with Gasteiger partial charge in [-0.2, -0.15) is 0 Å². The summed E-state index contributed by atoms with van der Waals surface area (Å²) in [5.74, 6) is -0.202. The van der Waals surface area contributed by atoms with Crippen LogP contribution in [0.4, 0.5) is 0 Å². The van der Waals surface area contributed by atoms with Crippen molar-refractivity contribution >= 4 is 16.9 Å². The molecule has 26 heavy (non-hydrogen) atoms. The van der Waals surface area contributed by atoms with Crippen molar-refractivity contribution in [2.45, 2.75) is 52.4 Å². The van der Waals surface area contributed by atoms with E-state index in [0.717, 1.165) is 38.5 Å². The van der Waals surface area contributed by atoms with Crippen LogP contribution in [0, 0.1) is 0 Å². The monoisotopic (exact) mass is 361 g/mol. The topological polar surface area (TPSA) is 88.6 Å². The van der Waals surface area contributed by atoms with E-state index in [1.54, 1.807) is 12.1 Å². The Hall–Kier alpha value is -2.50. The van der Waals surface area contributed by atoms with Crippen LogP contribution in [-0.4, -0.2) is 29.3 Å². The van der Waals surface area contributed by atoms with Crippen LogP contribution >= 0.6 is 0 Å². The average molecular weight is 361 g/mol. The van der Waals surface area contributed by atoms with Crippen LogP contribution in [-0.2, 0) is 0 Å². The number of rotatable bonds is 11. The molecule has 0 amide bonds. The number of unbranched alkanes of at least 4 members (excludes halogenated alkanes) is 4. The quantitative estimate of drug-likeness (QED) is 0.580. The summed E-state index contributed by atoms with van der Waals surface area (Å²) in [5.41, 5.74) is -0.456. The van der Waals surface area contributed by atoms with E-state index in [1.807, 2.05) is 0 Å². The molecule has 2 rings (SSSR count). The van der Waals surface area contributed by atoms with Crippen LogP contribution in [0.25, 0.3) is 10.9 Å². The molecule has 1 heterocycles. The van der Waals surface area contributed by atoms with Crippen LogP contribution in [0.15, 0.2) is 23.0 Å². The van der Waals surface area contributed by atoms with Gasteiger partial charge in [-0.1, -0.05) is 39.5 Å². The van der Waals surface area contributed by atoms with Gasteiger partial charge in [-0.3, -0.25) is 4.79 Å². The van der Waals surface area contributed by atoms with Gasteiger partial charge in [0.15, 0.2) is 11.5 Å². The van der Waals surface area contributed by atoms with E-state index in [4.69, 9.17) is 14.6 Å². The predicted molar refractivity (Wildman–Crippen MR) is 102 cm³/mol. The van der Waals surface area contributed by atoms with E-state index in [1.165, 1.54) is 6.07 Å². The van der Waals surface area contributed by atoms with Gasteiger partial charge in [-0.05, 0) is 31.0 Å². The molecule has 0 fully saturated rings. The summed E-state index contributed by atoms with van der Waals surface area (Å²) in [4.78, 5) is 25.9. The Morgan fingerprint density at radius 1 is 1.04 bits per heavy atom. The van der Waals surface area contributed by atoms with Gasteiger partial charge in [0.2, 0.25) is 0 Å². The Labute approximate surface area is 153 Å². The average Bonchev–Trinajstić information content (AvgIpc) is 2.62. The third-order valence-corrected chi connectivity index (χ3v) is 4.17. The highest BCUT2D eigenvalue weighted by atomic mass is 16.5. The molecule has 1 aromatic carbocycles. The lowest BCUT2D eigenvalue weighted by atomic mass is 10.1. The molecule has 0 saturated carbocycles. The minimum Gasteiger partial charge on any atom is -0.490 e. The maximum atomic E-state index is 12.1. The zero-order chi connectivity index (χ0) is 18.9. The first-order chi connectivity index (χ1) is 12.6. The molecule has 2 aromatic rings. The molecular weight excluding hydrogens is 334 g/mol. The van der Waals surface area contributed by atoms with Crippen LogP contribution in [0.3, 0.4) is 0 Å². The molecular formula is C20H27NO5. The number of aromatic amines is 1. The Balaban J connectivity index is 2.37. The molecule has 142 valence electrons. The molecule has 0 spiro atoms. The molecule has 0 aliphatic rings. The lowest BCUT2D eigenvalue weighted by Gasteiger charge is -2.15. The van der Waals surface area contributed by atoms with Gasteiger partial charge < -0.3 is 19.6 Å². The van der Waals surface area contributed by atoms with E-state index in [9.17, 15) is 9.59 Å². The van der Waals surface area contributed by atoms with Crippen molar-refractivity contribution in [2.75, 3.05) is 13.2 Å². The van der Waals surface area contributed by atoms with Gasteiger partial charge in [0.1, 0.15) is 5.56 Å². The smallest absolute Gasteiger partial charge is 0.341 e. The van der Waals surface area contributed by atoms with Gasteiger partial charge in [0.25, 0.3) is 5.56 Å². The molecule has 0 radical (unpaired) electrons. The van der Waals surface area contributed by atoms with Crippen LogP contribution in [0.1, 0.15) is 62.7 Å². The molecule has 1 aromatic heterocycles. The summed E-state index contributed by atoms with van der Waals surface area (Å²) in [7, 11) is 0. The van der Waals surface area contributed by atoms with Crippen molar-refractivity contribution in [3.05, 3.63) is 34.1 Å². The van der Waals surface area contributed by atoms with Gasteiger partial charge in [-0.25, -0.2) is 4.79 Å². The Kier molecular flexibility index (Phi) is 7.51. The van der Waals surface area contributed by atoms with E-state index < -0.39 is 11.5 Å². The number of carbonyl (C=O) groups is 1. The highest BCUT2D eigenvalue weighted by molar-refractivity contribution is 5.94. The van der Waals surface area contributed by atoms with Crippen LogP contribution in [0.5, 0.6) is 11.5 Å². The molecule has 6 heteroatoms. The third kappa shape index (κ3) is 5.00. The number of carboxylic acid groups (broad SMARTS) is 1. The zero-order valence-electron chi connectivity index (χ0n) is 15.5. The number of carboxylic acids is 1. The number of hydrogen-bond donors (Lipinski definition) is 2. The SMILES string of the molecule is CCCCCOc1ccc2cc(C(=O)O)c(=O)[nH]c2c1OCCCCC. The summed E-state index contributed by atoms with van der Waals surface area (Å²) >= 11 is 0. The second kappa shape index (κ2) is 9.85. The van der Waals surface area contributed by atoms with E-state index in [0.29, 0.717) is 35.6 Å². The van der Waals surface area contributed by atoms with Crippen molar-refractivity contribution in [1.82, 2.24) is 4.98 Å². The van der Waals surface area contributed by atoms with Crippen molar-refractivity contribution < 1.29 is 19.4 Å². The van der Waals surface area contributed by atoms with Crippen molar-refractivity contribution in [3.8, 4) is 11.5 Å². The van der Waals surface area contributed by atoms with E-state index in [2.05, 4.69) is 18.8 Å². The van der Waals surface area contributed by atoms with E-state index in [-0.39, 0.29) is 5.56 Å². The maximum Gasteiger partial charge on any atom is 0.341 e. The summed E-state index contributed by atoms with van der Waals surface area (Å²) in [6, 6.07) is 4.88. The second-order valence-corrected chi connectivity index (χ2v) is 6.29. The van der Waals surface area contributed by atoms with Crippen molar-refractivity contribution in [3.63, 3.8) is 0 Å². The molecule has 6 nitrogen and oxygen atoms in total. The predicted octanol–water partition coefficient (Wildman–Crippen LogP) is 4.36. The van der Waals surface area contributed by atoms with Gasteiger partial charge >= 0.3 is 5.97 Å².